The van der Waals surface area contributed by atoms with Crippen LogP contribution in [0.15, 0.2) is 25.3 Å². The molecule has 0 spiro atoms. The fourth-order valence-electron chi connectivity index (χ4n) is 4.90. The Morgan fingerprint density at radius 2 is 1.20 bits per heavy atom. The molecule has 2 N–H and O–H groups in total. The summed E-state index contributed by atoms with van der Waals surface area (Å²) < 4.78 is 20.1. The molecule has 4 atom stereocenters. The standard InChI is InChI=1S/C25H38N2O8/c1-3-22(28)32-11-5-7-13-34-24(30)26-16-19-15-18-9-10-20(19)21(18)17-27-25(31)35-14-8-6-12-33-23(29)4-2/h3-4,18-21H,1-2,5-17H2,(H,26,30)(H,27,31). The van der Waals surface area contributed by atoms with Crippen LogP contribution in [-0.2, 0) is 28.5 Å². The molecule has 10 nitrogen and oxygen atoms in total. The zero-order chi connectivity index (χ0) is 25.5. The maximum Gasteiger partial charge on any atom is 0.407 e. The molecule has 2 aliphatic carbocycles. The lowest BCUT2D eigenvalue weighted by atomic mass is 9.88. The van der Waals surface area contributed by atoms with Crippen molar-refractivity contribution in [2.24, 2.45) is 23.7 Å². The van der Waals surface area contributed by atoms with Crippen LogP contribution in [0.5, 0.6) is 0 Å². The number of unbranched alkanes of at least 4 members (excludes halogenated alkanes) is 2. The fourth-order valence-corrected chi connectivity index (χ4v) is 4.90. The number of carbonyl (C=O) groups excluding carboxylic acids is 4. The molecule has 2 saturated carbocycles. The van der Waals surface area contributed by atoms with Crippen LogP contribution in [0.25, 0.3) is 0 Å². The minimum Gasteiger partial charge on any atom is -0.463 e. The largest absolute Gasteiger partial charge is 0.463 e. The summed E-state index contributed by atoms with van der Waals surface area (Å²) in [4.78, 5) is 45.8. The molecule has 4 unspecified atom stereocenters. The van der Waals surface area contributed by atoms with Crippen LogP contribution in [0.4, 0.5) is 9.59 Å². The molecule has 2 fully saturated rings. The monoisotopic (exact) mass is 494 g/mol. The van der Waals surface area contributed by atoms with E-state index in [1.54, 1.807) is 0 Å². The summed E-state index contributed by atoms with van der Waals surface area (Å²) in [7, 11) is 0. The van der Waals surface area contributed by atoms with Crippen molar-refractivity contribution < 1.29 is 38.1 Å². The quantitative estimate of drug-likeness (QED) is 0.145. The van der Waals surface area contributed by atoms with Gasteiger partial charge < -0.3 is 29.6 Å². The van der Waals surface area contributed by atoms with E-state index < -0.39 is 24.1 Å². The highest BCUT2D eigenvalue weighted by atomic mass is 16.6. The second-order valence-electron chi connectivity index (χ2n) is 8.85. The van der Waals surface area contributed by atoms with Gasteiger partial charge in [0.2, 0.25) is 0 Å². The number of ether oxygens (including phenoxy) is 4. The van der Waals surface area contributed by atoms with Gasteiger partial charge in [0.05, 0.1) is 26.4 Å². The molecule has 0 aromatic carbocycles. The Bertz CT molecular complexity index is 741. The van der Waals surface area contributed by atoms with E-state index in [-0.39, 0.29) is 26.4 Å². The van der Waals surface area contributed by atoms with E-state index in [4.69, 9.17) is 18.9 Å². The maximum absolute atomic E-state index is 12.0. The average Bonchev–Trinajstić information content (AvgIpc) is 3.41. The SMILES string of the molecule is C=CC(=O)OCCCCOC(=O)NCC1CC2CCC1C2CNC(=O)OCCCCOC(=O)C=C. The Labute approximate surface area is 206 Å². The average molecular weight is 495 g/mol. The van der Waals surface area contributed by atoms with Crippen LogP contribution < -0.4 is 10.6 Å². The lowest BCUT2D eigenvalue weighted by Gasteiger charge is -2.22. The molecule has 196 valence electrons. The Kier molecular flexibility index (Phi) is 12.7. The molecule has 2 amide bonds. The molecule has 0 saturated heterocycles. The van der Waals surface area contributed by atoms with Gasteiger partial charge in [-0.05, 0) is 68.6 Å². The number of rotatable bonds is 16. The fraction of sp³-hybridized carbons (Fsp3) is 0.680. The first kappa shape index (κ1) is 28.2. The zero-order valence-corrected chi connectivity index (χ0v) is 20.3. The second kappa shape index (κ2) is 15.8. The highest BCUT2D eigenvalue weighted by Gasteiger charge is 2.47. The molecular formula is C25H38N2O8. The number of hydrogen-bond donors (Lipinski definition) is 2. The molecular weight excluding hydrogens is 456 g/mol. The van der Waals surface area contributed by atoms with Crippen LogP contribution in [0, 0.1) is 23.7 Å². The third-order valence-corrected chi connectivity index (χ3v) is 6.59. The minimum absolute atomic E-state index is 0.267. The summed E-state index contributed by atoms with van der Waals surface area (Å²) in [5.41, 5.74) is 0. The molecule has 2 rings (SSSR count). The number of esters is 2. The second-order valence-corrected chi connectivity index (χ2v) is 8.85. The van der Waals surface area contributed by atoms with E-state index in [0.29, 0.717) is 62.4 Å². The predicted octanol–water partition coefficient (Wildman–Crippen LogP) is 3.12. The van der Waals surface area contributed by atoms with Gasteiger partial charge in [0, 0.05) is 25.2 Å². The van der Waals surface area contributed by atoms with Gasteiger partial charge in [0.1, 0.15) is 0 Å². The molecule has 10 heteroatoms. The van der Waals surface area contributed by atoms with Crippen molar-refractivity contribution in [2.45, 2.75) is 44.9 Å². The Morgan fingerprint density at radius 1 is 0.714 bits per heavy atom. The van der Waals surface area contributed by atoms with E-state index in [1.807, 2.05) is 0 Å². The molecule has 0 radical (unpaired) electrons. The maximum atomic E-state index is 12.0. The van der Waals surface area contributed by atoms with Crippen molar-refractivity contribution in [3.63, 3.8) is 0 Å². The first-order chi connectivity index (χ1) is 16.9. The number of fused-ring (bicyclic) bond motifs is 2. The van der Waals surface area contributed by atoms with Crippen LogP contribution in [0.1, 0.15) is 44.9 Å². The molecule has 35 heavy (non-hydrogen) atoms. The van der Waals surface area contributed by atoms with Crippen molar-refractivity contribution in [3.8, 4) is 0 Å². The van der Waals surface area contributed by atoms with Gasteiger partial charge in [-0.15, -0.1) is 0 Å². The van der Waals surface area contributed by atoms with Gasteiger partial charge in [-0.1, -0.05) is 13.2 Å². The summed E-state index contributed by atoms with van der Waals surface area (Å²) >= 11 is 0. The van der Waals surface area contributed by atoms with Crippen LogP contribution in [0.2, 0.25) is 0 Å². The van der Waals surface area contributed by atoms with Crippen LogP contribution in [0.3, 0.4) is 0 Å². The molecule has 2 aliphatic rings. The summed E-state index contributed by atoms with van der Waals surface area (Å²) in [6.07, 6.45) is 7.08. The zero-order valence-electron chi connectivity index (χ0n) is 20.3. The van der Waals surface area contributed by atoms with Gasteiger partial charge in [0.15, 0.2) is 0 Å². The number of nitrogens with one attached hydrogen (secondary N) is 2. The van der Waals surface area contributed by atoms with Crippen LogP contribution >= 0.6 is 0 Å². The van der Waals surface area contributed by atoms with Crippen molar-refractivity contribution in [1.29, 1.82) is 0 Å². The van der Waals surface area contributed by atoms with Crippen molar-refractivity contribution in [2.75, 3.05) is 39.5 Å². The third kappa shape index (κ3) is 10.4. The molecule has 0 aliphatic heterocycles. The van der Waals surface area contributed by atoms with Gasteiger partial charge >= 0.3 is 24.1 Å². The molecule has 2 bridgehead atoms. The highest BCUT2D eigenvalue weighted by Crippen LogP contribution is 2.52. The van der Waals surface area contributed by atoms with Crippen LogP contribution in [-0.4, -0.2) is 63.6 Å². The first-order valence-electron chi connectivity index (χ1n) is 12.3. The van der Waals surface area contributed by atoms with Gasteiger partial charge in [-0.25, -0.2) is 19.2 Å². The summed E-state index contributed by atoms with van der Waals surface area (Å²) in [6.45, 7) is 8.87. The van der Waals surface area contributed by atoms with Crippen molar-refractivity contribution >= 4 is 24.1 Å². The number of amides is 2. The Morgan fingerprint density at radius 3 is 1.71 bits per heavy atom. The molecule has 0 aromatic rings. The van der Waals surface area contributed by atoms with E-state index in [2.05, 4.69) is 23.8 Å². The molecule has 0 aromatic heterocycles. The smallest absolute Gasteiger partial charge is 0.407 e. The Hall–Kier alpha value is -3.04. The number of hydrogen-bond acceptors (Lipinski definition) is 8. The lowest BCUT2D eigenvalue weighted by Crippen LogP contribution is -2.34. The normalized spacial score (nSPS) is 22.1. The van der Waals surface area contributed by atoms with E-state index in [9.17, 15) is 19.2 Å². The van der Waals surface area contributed by atoms with Gasteiger partial charge in [-0.2, -0.15) is 0 Å². The van der Waals surface area contributed by atoms with E-state index >= 15 is 0 Å². The Balaban J connectivity index is 1.53. The van der Waals surface area contributed by atoms with Crippen molar-refractivity contribution in [1.82, 2.24) is 10.6 Å². The highest BCUT2D eigenvalue weighted by molar-refractivity contribution is 5.81. The minimum atomic E-state index is -0.458. The lowest BCUT2D eigenvalue weighted by molar-refractivity contribution is -0.138. The predicted molar refractivity (Wildman–Crippen MR) is 127 cm³/mol. The summed E-state index contributed by atoms with van der Waals surface area (Å²) in [5.74, 6) is 0.852. The van der Waals surface area contributed by atoms with Gasteiger partial charge in [0.25, 0.3) is 0 Å². The van der Waals surface area contributed by atoms with Gasteiger partial charge in [-0.3, -0.25) is 0 Å². The first-order valence-corrected chi connectivity index (χ1v) is 12.3. The third-order valence-electron chi connectivity index (χ3n) is 6.59. The topological polar surface area (TPSA) is 129 Å². The number of alkyl carbamates (subject to hydrolysis) is 2. The van der Waals surface area contributed by atoms with E-state index in [0.717, 1.165) is 31.4 Å². The molecule has 0 heterocycles. The van der Waals surface area contributed by atoms with E-state index in [1.165, 1.54) is 0 Å². The summed E-state index contributed by atoms with van der Waals surface area (Å²) in [6, 6.07) is 0. The number of carbonyl (C=O) groups is 4. The summed E-state index contributed by atoms with van der Waals surface area (Å²) in [5, 5.41) is 5.74. The van der Waals surface area contributed by atoms with Crippen molar-refractivity contribution in [3.05, 3.63) is 25.3 Å².